The summed E-state index contributed by atoms with van der Waals surface area (Å²) < 4.78 is 16.9. The van der Waals surface area contributed by atoms with E-state index in [-0.39, 0.29) is 36.2 Å². The number of esters is 2. The van der Waals surface area contributed by atoms with Gasteiger partial charge in [0.1, 0.15) is 12.7 Å². The summed E-state index contributed by atoms with van der Waals surface area (Å²) >= 11 is 0. The largest absolute Gasteiger partial charge is 0.461 e. The normalized spacial score (nSPS) is 34.3. The predicted molar refractivity (Wildman–Crippen MR) is 113 cm³/mol. The first-order valence-corrected chi connectivity index (χ1v) is 10.6. The maximum atomic E-state index is 11.8. The van der Waals surface area contributed by atoms with Gasteiger partial charge in [0.05, 0.1) is 11.7 Å². The highest BCUT2D eigenvalue weighted by Crippen LogP contribution is 2.44. The highest BCUT2D eigenvalue weighted by molar-refractivity contribution is 5.66. The van der Waals surface area contributed by atoms with Gasteiger partial charge in [-0.3, -0.25) is 9.59 Å². The Bertz CT molecular complexity index is 689. The van der Waals surface area contributed by atoms with Gasteiger partial charge >= 0.3 is 11.9 Å². The average molecular weight is 405 g/mol. The summed E-state index contributed by atoms with van der Waals surface area (Å²) in [5, 5.41) is 0. The smallest absolute Gasteiger partial charge is 0.303 e. The van der Waals surface area contributed by atoms with Crippen molar-refractivity contribution in [3.63, 3.8) is 0 Å². The molecule has 29 heavy (non-hydrogen) atoms. The Hall–Kier alpha value is -1.88. The Morgan fingerprint density at radius 1 is 1.21 bits per heavy atom. The molecule has 5 heteroatoms. The Labute approximate surface area is 175 Å². The second-order valence-corrected chi connectivity index (χ2v) is 8.72. The van der Waals surface area contributed by atoms with Crippen LogP contribution >= 0.6 is 0 Å². The van der Waals surface area contributed by atoms with Crippen molar-refractivity contribution in [2.45, 2.75) is 91.0 Å². The monoisotopic (exact) mass is 404 g/mol. The van der Waals surface area contributed by atoms with E-state index in [0.717, 1.165) is 49.7 Å². The summed E-state index contributed by atoms with van der Waals surface area (Å²) in [6, 6.07) is 0. The summed E-state index contributed by atoms with van der Waals surface area (Å²) in [5.74, 6) is -0.630. The minimum Gasteiger partial charge on any atom is -0.461 e. The van der Waals surface area contributed by atoms with Gasteiger partial charge in [-0.25, -0.2) is 0 Å². The number of carbonyl (C=O) groups excluding carboxylic acids is 2. The summed E-state index contributed by atoms with van der Waals surface area (Å²) in [6.45, 7) is 13.5. The van der Waals surface area contributed by atoms with Crippen molar-refractivity contribution < 1.29 is 23.8 Å². The molecule has 1 saturated heterocycles. The van der Waals surface area contributed by atoms with E-state index in [4.69, 9.17) is 14.2 Å². The lowest BCUT2D eigenvalue weighted by atomic mass is 9.86. The fourth-order valence-electron chi connectivity index (χ4n) is 4.03. The number of fused-ring (bicyclic) bond motifs is 1. The number of hydrogen-bond acceptors (Lipinski definition) is 5. The lowest BCUT2D eigenvalue weighted by Gasteiger charge is -2.26. The fourth-order valence-corrected chi connectivity index (χ4v) is 4.03. The summed E-state index contributed by atoms with van der Waals surface area (Å²) in [6.07, 6.45) is 9.44. The van der Waals surface area contributed by atoms with Gasteiger partial charge in [-0.15, -0.1) is 0 Å². The molecule has 0 spiro atoms. The predicted octanol–water partition coefficient (Wildman–Crippen LogP) is 5.06. The first kappa shape index (κ1) is 23.4. The quantitative estimate of drug-likeness (QED) is 0.372. The Morgan fingerprint density at radius 3 is 2.55 bits per heavy atom. The van der Waals surface area contributed by atoms with Gasteiger partial charge in [-0.2, -0.15) is 0 Å². The first-order chi connectivity index (χ1) is 13.6. The minimum absolute atomic E-state index is 0.0139. The second-order valence-electron chi connectivity index (χ2n) is 8.72. The molecule has 0 radical (unpaired) electrons. The van der Waals surface area contributed by atoms with E-state index in [1.165, 1.54) is 19.4 Å². The van der Waals surface area contributed by atoms with Gasteiger partial charge < -0.3 is 14.2 Å². The van der Waals surface area contributed by atoms with Gasteiger partial charge in [-0.05, 0) is 70.9 Å². The minimum atomic E-state index is -0.419. The molecule has 1 fully saturated rings. The van der Waals surface area contributed by atoms with Gasteiger partial charge in [0, 0.05) is 19.8 Å². The Morgan fingerprint density at radius 2 is 1.93 bits per heavy atom. The van der Waals surface area contributed by atoms with E-state index in [9.17, 15) is 9.59 Å². The number of allylic oxidation sites excluding steroid dienone is 2. The second kappa shape index (κ2) is 10.2. The zero-order chi connectivity index (χ0) is 21.6. The highest BCUT2D eigenvalue weighted by atomic mass is 16.6. The van der Waals surface area contributed by atoms with Crippen molar-refractivity contribution in [2.75, 3.05) is 6.61 Å². The molecule has 1 aliphatic carbocycles. The molecular formula is C24H36O5. The third-order valence-electron chi connectivity index (χ3n) is 5.94. The fraction of sp³-hybridized carbons (Fsp3) is 0.667. The molecule has 2 aliphatic rings. The number of carbonyl (C=O) groups is 2. The van der Waals surface area contributed by atoms with Crippen LogP contribution in [-0.4, -0.2) is 36.4 Å². The molecule has 1 aliphatic heterocycles. The van der Waals surface area contributed by atoms with Crippen LogP contribution in [0.1, 0.15) is 73.1 Å². The van der Waals surface area contributed by atoms with Crippen LogP contribution in [0.25, 0.3) is 0 Å². The maximum Gasteiger partial charge on any atom is 0.303 e. The standard InChI is InChI=1S/C24H36O5/c1-16(2)21-11-9-17(3)8-7-13-24(6)23(29-24)12-10-20(15-27-18(4)25)14-22(21)28-19(5)26/h8,14,21-23H,1,7,9-13,15H2,2-6H3/b17-8-,20-14+/t21-,22+,23-,24-/m1/s1. The molecule has 4 atom stereocenters. The number of rotatable bonds is 4. The van der Waals surface area contributed by atoms with E-state index in [1.54, 1.807) is 0 Å². The SMILES string of the molecule is C=C(C)[C@H]1CC/C(C)=C\CC[C@@]2(C)O[C@@H]2CC/C(COC(C)=O)=C\[C@@H]1OC(C)=O. The van der Waals surface area contributed by atoms with Crippen LogP contribution in [0.3, 0.4) is 0 Å². The van der Waals surface area contributed by atoms with Crippen molar-refractivity contribution in [1.29, 1.82) is 0 Å². The van der Waals surface area contributed by atoms with Crippen molar-refractivity contribution >= 4 is 11.9 Å². The van der Waals surface area contributed by atoms with E-state index in [1.807, 2.05) is 13.0 Å². The molecule has 0 unspecified atom stereocenters. The van der Waals surface area contributed by atoms with E-state index < -0.39 is 6.10 Å². The summed E-state index contributed by atoms with van der Waals surface area (Å²) in [5.41, 5.74) is 3.21. The first-order valence-electron chi connectivity index (χ1n) is 10.6. The summed E-state index contributed by atoms with van der Waals surface area (Å²) in [7, 11) is 0. The molecule has 0 aromatic heterocycles. The molecule has 1 heterocycles. The molecule has 5 nitrogen and oxygen atoms in total. The number of ether oxygens (including phenoxy) is 3. The summed E-state index contributed by atoms with van der Waals surface area (Å²) in [4.78, 5) is 23.2. The van der Waals surface area contributed by atoms with Gasteiger partial charge in [0.2, 0.25) is 0 Å². The van der Waals surface area contributed by atoms with Crippen molar-refractivity contribution in [1.82, 2.24) is 0 Å². The molecule has 0 N–H and O–H groups in total. The topological polar surface area (TPSA) is 65.1 Å². The third-order valence-corrected chi connectivity index (χ3v) is 5.94. The molecule has 0 aromatic carbocycles. The van der Waals surface area contributed by atoms with E-state index in [0.29, 0.717) is 0 Å². The average Bonchev–Trinajstić information content (AvgIpc) is 3.25. The van der Waals surface area contributed by atoms with E-state index in [2.05, 4.69) is 26.5 Å². The van der Waals surface area contributed by atoms with Crippen LogP contribution in [0.15, 0.2) is 35.5 Å². The molecular weight excluding hydrogens is 368 g/mol. The zero-order valence-electron chi connectivity index (χ0n) is 18.6. The molecule has 2 rings (SSSR count). The van der Waals surface area contributed by atoms with Crippen LogP contribution in [0.2, 0.25) is 0 Å². The molecule has 0 saturated carbocycles. The molecule has 0 amide bonds. The maximum absolute atomic E-state index is 11.8. The van der Waals surface area contributed by atoms with Crippen LogP contribution in [-0.2, 0) is 23.8 Å². The van der Waals surface area contributed by atoms with Crippen molar-refractivity contribution in [3.8, 4) is 0 Å². The van der Waals surface area contributed by atoms with Crippen LogP contribution in [0, 0.1) is 5.92 Å². The van der Waals surface area contributed by atoms with Gasteiger partial charge in [0.15, 0.2) is 0 Å². The van der Waals surface area contributed by atoms with Crippen LogP contribution in [0.5, 0.6) is 0 Å². The Kier molecular flexibility index (Phi) is 8.26. The number of hydrogen-bond donors (Lipinski definition) is 0. The zero-order valence-corrected chi connectivity index (χ0v) is 18.6. The van der Waals surface area contributed by atoms with Crippen LogP contribution in [0.4, 0.5) is 0 Å². The lowest BCUT2D eigenvalue weighted by molar-refractivity contribution is -0.146. The third kappa shape index (κ3) is 7.46. The van der Waals surface area contributed by atoms with Crippen molar-refractivity contribution in [2.24, 2.45) is 5.92 Å². The van der Waals surface area contributed by atoms with E-state index >= 15 is 0 Å². The van der Waals surface area contributed by atoms with Gasteiger partial charge in [-0.1, -0.05) is 23.8 Å². The lowest BCUT2D eigenvalue weighted by Crippen LogP contribution is -2.26. The number of epoxide rings is 1. The van der Waals surface area contributed by atoms with Crippen LogP contribution < -0.4 is 0 Å². The molecule has 162 valence electrons. The Balaban J connectivity index is 2.31. The molecule has 0 bridgehead atoms. The highest BCUT2D eigenvalue weighted by Gasteiger charge is 2.50. The van der Waals surface area contributed by atoms with Gasteiger partial charge in [0.25, 0.3) is 0 Å². The molecule has 0 aromatic rings. The van der Waals surface area contributed by atoms with Crippen molar-refractivity contribution in [3.05, 3.63) is 35.5 Å².